The minimum Gasteiger partial charge on any atom is -0.358 e. The van der Waals surface area contributed by atoms with Crippen LogP contribution in [0, 0.1) is 28.4 Å². The lowest BCUT2D eigenvalue weighted by Gasteiger charge is -2.01. The highest BCUT2D eigenvalue weighted by atomic mass is 16.6. The molecule has 2 heterocycles. The zero-order valence-electron chi connectivity index (χ0n) is 9.57. The minimum absolute atomic E-state index is 0.199. The third kappa shape index (κ3) is 2.17. The maximum absolute atomic E-state index is 10.6. The molecule has 0 amide bonds. The van der Waals surface area contributed by atoms with Crippen molar-refractivity contribution in [3.8, 4) is 6.07 Å². The van der Waals surface area contributed by atoms with E-state index < -0.39 is 4.92 Å². The van der Waals surface area contributed by atoms with Crippen LogP contribution in [0.25, 0.3) is 0 Å². The number of hydrogen-bond acceptors (Lipinski definition) is 5. The van der Waals surface area contributed by atoms with Crippen LogP contribution in [0.5, 0.6) is 0 Å². The molecule has 0 bridgehead atoms. The Balaban J connectivity index is 2.35. The molecule has 7 nitrogen and oxygen atoms in total. The number of aromatic nitrogens is 3. The van der Waals surface area contributed by atoms with Gasteiger partial charge in [-0.25, -0.2) is 4.98 Å². The Morgan fingerprint density at radius 1 is 1.61 bits per heavy atom. The van der Waals surface area contributed by atoms with Crippen molar-refractivity contribution in [2.45, 2.75) is 13.5 Å². The topological polar surface area (TPSA) is 97.6 Å². The van der Waals surface area contributed by atoms with Gasteiger partial charge in [0, 0.05) is 11.8 Å². The second-order valence-electron chi connectivity index (χ2n) is 3.68. The van der Waals surface area contributed by atoms with E-state index in [1.165, 1.54) is 16.9 Å². The van der Waals surface area contributed by atoms with E-state index in [-0.39, 0.29) is 12.4 Å². The van der Waals surface area contributed by atoms with Gasteiger partial charge in [-0.3, -0.25) is 0 Å². The molecule has 7 heteroatoms. The van der Waals surface area contributed by atoms with E-state index in [0.29, 0.717) is 17.0 Å². The number of aryl methyl sites for hydroxylation is 1. The summed E-state index contributed by atoms with van der Waals surface area (Å²) in [6.45, 7) is 2.01. The van der Waals surface area contributed by atoms with Gasteiger partial charge in [-0.1, -0.05) is 6.07 Å². The first-order valence-corrected chi connectivity index (χ1v) is 5.14. The Morgan fingerprint density at radius 3 is 3.00 bits per heavy atom. The molecule has 0 aliphatic heterocycles. The number of nitriles is 1. The maximum atomic E-state index is 10.6. The van der Waals surface area contributed by atoms with E-state index in [9.17, 15) is 10.1 Å². The summed E-state index contributed by atoms with van der Waals surface area (Å²) < 4.78 is 1.48. The number of pyridine rings is 1. The van der Waals surface area contributed by atoms with Gasteiger partial charge in [0.05, 0.1) is 23.4 Å². The summed E-state index contributed by atoms with van der Waals surface area (Å²) in [4.78, 5) is 14.0. The SMILES string of the molecule is Cc1cc([N+](=O)[O-])nn1Cc1cccnc1C#N. The van der Waals surface area contributed by atoms with Gasteiger partial charge < -0.3 is 10.1 Å². The second kappa shape index (κ2) is 4.63. The molecule has 2 aromatic rings. The van der Waals surface area contributed by atoms with Crippen molar-refractivity contribution < 1.29 is 4.92 Å². The predicted molar refractivity (Wildman–Crippen MR) is 61.7 cm³/mol. The second-order valence-corrected chi connectivity index (χ2v) is 3.68. The first-order valence-electron chi connectivity index (χ1n) is 5.14. The maximum Gasteiger partial charge on any atom is 0.390 e. The van der Waals surface area contributed by atoms with Crippen molar-refractivity contribution in [3.05, 3.63) is 51.5 Å². The molecule has 2 aromatic heterocycles. The third-order valence-corrected chi connectivity index (χ3v) is 2.47. The Labute approximate surface area is 102 Å². The minimum atomic E-state index is -0.544. The fourth-order valence-corrected chi connectivity index (χ4v) is 1.57. The summed E-state index contributed by atoms with van der Waals surface area (Å²) in [5, 5.41) is 23.4. The molecule has 0 spiro atoms. The number of nitrogens with zero attached hydrogens (tertiary/aromatic N) is 5. The summed E-state index contributed by atoms with van der Waals surface area (Å²) in [5.41, 5.74) is 1.64. The van der Waals surface area contributed by atoms with E-state index >= 15 is 0 Å². The van der Waals surface area contributed by atoms with E-state index in [1.807, 2.05) is 6.07 Å². The van der Waals surface area contributed by atoms with E-state index in [2.05, 4.69) is 10.1 Å². The van der Waals surface area contributed by atoms with Gasteiger partial charge in [0.1, 0.15) is 11.8 Å². The zero-order chi connectivity index (χ0) is 13.1. The number of rotatable bonds is 3. The van der Waals surface area contributed by atoms with E-state index in [4.69, 9.17) is 5.26 Å². The lowest BCUT2D eigenvalue weighted by atomic mass is 10.2. The molecule has 0 saturated heterocycles. The highest BCUT2D eigenvalue weighted by Gasteiger charge is 2.16. The van der Waals surface area contributed by atoms with Crippen molar-refractivity contribution in [1.82, 2.24) is 14.8 Å². The fourth-order valence-electron chi connectivity index (χ4n) is 1.57. The summed E-state index contributed by atoms with van der Waals surface area (Å²) >= 11 is 0. The standard InChI is InChI=1S/C11H9N5O2/c1-8-5-11(16(17)18)14-15(8)7-9-3-2-4-13-10(9)6-12/h2-5H,7H2,1H3. The predicted octanol–water partition coefficient (Wildman–Crippen LogP) is 1.41. The molecule has 18 heavy (non-hydrogen) atoms. The lowest BCUT2D eigenvalue weighted by molar-refractivity contribution is -0.389. The van der Waals surface area contributed by atoms with Crippen LogP contribution in [0.15, 0.2) is 24.4 Å². The van der Waals surface area contributed by atoms with Crippen LogP contribution in [-0.2, 0) is 6.54 Å². The molecule has 0 N–H and O–H groups in total. The zero-order valence-corrected chi connectivity index (χ0v) is 9.57. The lowest BCUT2D eigenvalue weighted by Crippen LogP contribution is -2.06. The van der Waals surface area contributed by atoms with Crippen LogP contribution in [0.3, 0.4) is 0 Å². The molecule has 0 aliphatic carbocycles. The molecule has 90 valence electrons. The van der Waals surface area contributed by atoms with Crippen molar-refractivity contribution in [2.24, 2.45) is 0 Å². The molecule has 0 aliphatic rings. The van der Waals surface area contributed by atoms with Crippen molar-refractivity contribution in [2.75, 3.05) is 0 Å². The van der Waals surface area contributed by atoms with E-state index in [1.54, 1.807) is 19.1 Å². The van der Waals surface area contributed by atoms with Crippen molar-refractivity contribution >= 4 is 5.82 Å². The summed E-state index contributed by atoms with van der Waals surface area (Å²) in [6.07, 6.45) is 1.53. The molecule has 0 radical (unpaired) electrons. The van der Waals surface area contributed by atoms with Crippen LogP contribution >= 0.6 is 0 Å². The Kier molecular flexibility index (Phi) is 3.02. The van der Waals surface area contributed by atoms with Gasteiger partial charge in [0.25, 0.3) is 0 Å². The Morgan fingerprint density at radius 2 is 2.39 bits per heavy atom. The molecule has 0 fully saturated rings. The van der Waals surface area contributed by atoms with Gasteiger partial charge in [0.15, 0.2) is 0 Å². The largest absolute Gasteiger partial charge is 0.390 e. The van der Waals surface area contributed by atoms with Crippen LogP contribution in [0.4, 0.5) is 5.82 Å². The van der Waals surface area contributed by atoms with Crippen LogP contribution in [-0.4, -0.2) is 19.7 Å². The molecular weight excluding hydrogens is 234 g/mol. The van der Waals surface area contributed by atoms with Crippen LogP contribution < -0.4 is 0 Å². The van der Waals surface area contributed by atoms with Gasteiger partial charge in [0.2, 0.25) is 0 Å². The molecule has 0 unspecified atom stereocenters. The molecule has 0 atom stereocenters. The number of nitro groups is 1. The summed E-state index contributed by atoms with van der Waals surface area (Å²) in [7, 11) is 0. The smallest absolute Gasteiger partial charge is 0.358 e. The van der Waals surface area contributed by atoms with E-state index in [0.717, 1.165) is 0 Å². The first-order chi connectivity index (χ1) is 8.61. The van der Waals surface area contributed by atoms with Gasteiger partial charge >= 0.3 is 5.82 Å². The van der Waals surface area contributed by atoms with Gasteiger partial charge in [-0.15, -0.1) is 0 Å². The summed E-state index contributed by atoms with van der Waals surface area (Å²) in [6, 6.07) is 6.83. The molecule has 2 rings (SSSR count). The van der Waals surface area contributed by atoms with Crippen molar-refractivity contribution in [3.63, 3.8) is 0 Å². The average molecular weight is 243 g/mol. The molecule has 0 aromatic carbocycles. The molecule has 0 saturated carbocycles. The fraction of sp³-hybridized carbons (Fsp3) is 0.182. The highest BCUT2D eigenvalue weighted by Crippen LogP contribution is 2.14. The van der Waals surface area contributed by atoms with Crippen LogP contribution in [0.2, 0.25) is 0 Å². The quantitative estimate of drug-likeness (QED) is 0.599. The highest BCUT2D eigenvalue weighted by molar-refractivity contribution is 5.31. The monoisotopic (exact) mass is 243 g/mol. The normalized spacial score (nSPS) is 10.0. The summed E-state index contributed by atoms with van der Waals surface area (Å²) in [5.74, 6) is -0.199. The third-order valence-electron chi connectivity index (χ3n) is 2.47. The molecular formula is C11H9N5O2. The number of hydrogen-bond donors (Lipinski definition) is 0. The van der Waals surface area contributed by atoms with Gasteiger partial charge in [-0.2, -0.15) is 9.94 Å². The Hall–Kier alpha value is -2.75. The Bertz CT molecular complexity index is 641. The van der Waals surface area contributed by atoms with Crippen molar-refractivity contribution in [1.29, 1.82) is 5.26 Å². The first kappa shape index (κ1) is 11.7. The average Bonchev–Trinajstić information content (AvgIpc) is 2.72. The van der Waals surface area contributed by atoms with Crippen LogP contribution in [0.1, 0.15) is 17.0 Å². The van der Waals surface area contributed by atoms with Gasteiger partial charge in [-0.05, 0) is 17.9 Å².